The first-order valence-corrected chi connectivity index (χ1v) is 5.57. The minimum Gasteiger partial charge on any atom is -0.368 e. The van der Waals surface area contributed by atoms with Crippen LogP contribution in [0.25, 0.3) is 0 Å². The highest BCUT2D eigenvalue weighted by atomic mass is 19.4. The van der Waals surface area contributed by atoms with E-state index in [1.807, 2.05) is 0 Å². The van der Waals surface area contributed by atoms with E-state index < -0.39 is 18.2 Å². The number of hydrogen-bond donors (Lipinski definition) is 0. The van der Waals surface area contributed by atoms with Crippen LogP contribution in [0.2, 0.25) is 0 Å². The molecule has 0 spiro atoms. The Labute approximate surface area is 93.2 Å². The van der Waals surface area contributed by atoms with Crippen LogP contribution in [0, 0.1) is 0 Å². The molecule has 16 heavy (non-hydrogen) atoms. The van der Waals surface area contributed by atoms with Crippen LogP contribution in [0.5, 0.6) is 0 Å². The number of alkyl halides is 3. The predicted octanol–water partition coefficient (Wildman–Crippen LogP) is 3.25. The molecule has 5 heteroatoms. The summed E-state index contributed by atoms with van der Waals surface area (Å²) in [6.07, 6.45) is -2.80. The standard InChI is InChI=1S/C11H17F3O2/c1-10(6-2-3-8-16-10)9(15)5-4-7-11(12,13)14/h2-8H2,1H3. The van der Waals surface area contributed by atoms with E-state index in [-0.39, 0.29) is 18.6 Å². The molecule has 0 N–H and O–H groups in total. The number of hydrogen-bond acceptors (Lipinski definition) is 2. The first kappa shape index (κ1) is 13.5. The third-order valence-electron chi connectivity index (χ3n) is 2.92. The summed E-state index contributed by atoms with van der Waals surface area (Å²) in [6, 6.07) is 0. The van der Waals surface area contributed by atoms with E-state index in [0.717, 1.165) is 12.8 Å². The average Bonchev–Trinajstić information content (AvgIpc) is 2.16. The Hall–Kier alpha value is -0.580. The molecule has 0 radical (unpaired) electrons. The summed E-state index contributed by atoms with van der Waals surface area (Å²) in [7, 11) is 0. The summed E-state index contributed by atoms with van der Waals surface area (Å²) in [4.78, 5) is 11.7. The van der Waals surface area contributed by atoms with Gasteiger partial charge in [0.1, 0.15) is 5.60 Å². The zero-order valence-corrected chi connectivity index (χ0v) is 9.40. The molecule has 0 aliphatic carbocycles. The number of ether oxygens (including phenoxy) is 1. The van der Waals surface area contributed by atoms with Gasteiger partial charge in [0.15, 0.2) is 5.78 Å². The van der Waals surface area contributed by atoms with Crippen LogP contribution in [0.4, 0.5) is 13.2 Å². The van der Waals surface area contributed by atoms with Crippen molar-refractivity contribution < 1.29 is 22.7 Å². The topological polar surface area (TPSA) is 26.3 Å². The van der Waals surface area contributed by atoms with E-state index >= 15 is 0 Å². The normalized spacial score (nSPS) is 26.8. The van der Waals surface area contributed by atoms with E-state index in [1.54, 1.807) is 6.92 Å². The van der Waals surface area contributed by atoms with Gasteiger partial charge >= 0.3 is 6.18 Å². The summed E-state index contributed by atoms with van der Waals surface area (Å²) >= 11 is 0. The number of ketones is 1. The molecular formula is C11H17F3O2. The molecule has 1 aliphatic rings. The first-order valence-electron chi connectivity index (χ1n) is 5.57. The number of Topliss-reactive ketones (excluding diaryl/α,β-unsaturated/α-hetero) is 1. The summed E-state index contributed by atoms with van der Waals surface area (Å²) in [5.41, 5.74) is -0.843. The molecular weight excluding hydrogens is 221 g/mol. The third kappa shape index (κ3) is 4.12. The smallest absolute Gasteiger partial charge is 0.368 e. The molecule has 0 saturated carbocycles. The van der Waals surface area contributed by atoms with Gasteiger partial charge in [-0.15, -0.1) is 0 Å². The van der Waals surface area contributed by atoms with E-state index in [2.05, 4.69) is 0 Å². The molecule has 1 aliphatic heterocycles. The van der Waals surface area contributed by atoms with Crippen molar-refractivity contribution in [2.75, 3.05) is 6.61 Å². The lowest BCUT2D eigenvalue weighted by atomic mass is 9.89. The lowest BCUT2D eigenvalue weighted by molar-refractivity contribution is -0.151. The van der Waals surface area contributed by atoms with Gasteiger partial charge in [0.05, 0.1) is 0 Å². The second-order valence-corrected chi connectivity index (χ2v) is 4.43. The van der Waals surface area contributed by atoms with Gasteiger partial charge in [-0.05, 0) is 32.6 Å². The quantitative estimate of drug-likeness (QED) is 0.751. The van der Waals surface area contributed by atoms with Gasteiger partial charge in [-0.2, -0.15) is 13.2 Å². The summed E-state index contributed by atoms with van der Waals surface area (Å²) < 4.78 is 41.1. The van der Waals surface area contributed by atoms with Crippen LogP contribution >= 0.6 is 0 Å². The van der Waals surface area contributed by atoms with Gasteiger partial charge in [0.2, 0.25) is 0 Å². The maximum Gasteiger partial charge on any atom is 0.389 e. The van der Waals surface area contributed by atoms with Gasteiger partial charge in [-0.1, -0.05) is 0 Å². The second kappa shape index (κ2) is 5.17. The highest BCUT2D eigenvalue weighted by Gasteiger charge is 2.36. The van der Waals surface area contributed by atoms with E-state index in [9.17, 15) is 18.0 Å². The van der Waals surface area contributed by atoms with Gasteiger partial charge in [0.25, 0.3) is 0 Å². The van der Waals surface area contributed by atoms with Crippen molar-refractivity contribution in [1.29, 1.82) is 0 Å². The molecule has 0 amide bonds. The van der Waals surface area contributed by atoms with Gasteiger partial charge in [-0.25, -0.2) is 0 Å². The zero-order chi connectivity index (χ0) is 12.2. The van der Waals surface area contributed by atoms with Gasteiger partial charge in [-0.3, -0.25) is 4.79 Å². The monoisotopic (exact) mass is 238 g/mol. The molecule has 2 nitrogen and oxygen atoms in total. The number of carbonyl (C=O) groups is 1. The SMILES string of the molecule is CC1(C(=O)CCCC(F)(F)F)CCCCO1. The highest BCUT2D eigenvalue weighted by molar-refractivity contribution is 5.86. The van der Waals surface area contributed by atoms with Gasteiger partial charge < -0.3 is 4.74 Å². The Bertz CT molecular complexity index is 242. The van der Waals surface area contributed by atoms with E-state index in [0.29, 0.717) is 13.0 Å². The largest absolute Gasteiger partial charge is 0.389 e. The lowest BCUT2D eigenvalue weighted by Gasteiger charge is -2.32. The second-order valence-electron chi connectivity index (χ2n) is 4.43. The van der Waals surface area contributed by atoms with Crippen LogP contribution in [0.3, 0.4) is 0 Å². The lowest BCUT2D eigenvalue weighted by Crippen LogP contribution is -2.41. The Kier molecular flexibility index (Phi) is 4.35. The molecule has 1 heterocycles. The van der Waals surface area contributed by atoms with Crippen molar-refractivity contribution in [2.45, 2.75) is 57.2 Å². The average molecular weight is 238 g/mol. The van der Waals surface area contributed by atoms with Crippen molar-refractivity contribution in [3.63, 3.8) is 0 Å². The summed E-state index contributed by atoms with van der Waals surface area (Å²) in [5.74, 6) is -0.198. The molecule has 94 valence electrons. The van der Waals surface area contributed by atoms with Crippen LogP contribution in [0.1, 0.15) is 45.4 Å². The maximum atomic E-state index is 11.9. The van der Waals surface area contributed by atoms with Crippen molar-refractivity contribution in [3.05, 3.63) is 0 Å². The zero-order valence-electron chi connectivity index (χ0n) is 9.40. The molecule has 1 unspecified atom stereocenters. The van der Waals surface area contributed by atoms with Gasteiger partial charge in [0, 0.05) is 19.4 Å². The fraction of sp³-hybridized carbons (Fsp3) is 0.909. The number of halogens is 3. The minimum atomic E-state index is -4.17. The Morgan fingerprint density at radius 1 is 1.38 bits per heavy atom. The van der Waals surface area contributed by atoms with Crippen LogP contribution in [0.15, 0.2) is 0 Å². The Morgan fingerprint density at radius 2 is 2.06 bits per heavy atom. The van der Waals surface area contributed by atoms with Crippen molar-refractivity contribution >= 4 is 5.78 Å². The molecule has 1 rings (SSSR count). The maximum absolute atomic E-state index is 11.9. The van der Waals surface area contributed by atoms with Crippen LogP contribution in [-0.4, -0.2) is 24.2 Å². The minimum absolute atomic E-state index is 0.0456. The molecule has 1 atom stereocenters. The fourth-order valence-electron chi connectivity index (χ4n) is 1.87. The Balaban J connectivity index is 2.34. The predicted molar refractivity (Wildman–Crippen MR) is 53.1 cm³/mol. The van der Waals surface area contributed by atoms with E-state index in [4.69, 9.17) is 4.74 Å². The third-order valence-corrected chi connectivity index (χ3v) is 2.92. The molecule has 0 bridgehead atoms. The van der Waals surface area contributed by atoms with E-state index in [1.165, 1.54) is 0 Å². The van der Waals surface area contributed by atoms with Crippen molar-refractivity contribution in [3.8, 4) is 0 Å². The van der Waals surface area contributed by atoms with Crippen molar-refractivity contribution in [1.82, 2.24) is 0 Å². The summed E-state index contributed by atoms with van der Waals surface area (Å²) in [6.45, 7) is 2.21. The Morgan fingerprint density at radius 3 is 2.56 bits per heavy atom. The number of carbonyl (C=O) groups excluding carboxylic acids is 1. The molecule has 1 saturated heterocycles. The highest BCUT2D eigenvalue weighted by Crippen LogP contribution is 2.28. The fourth-order valence-corrected chi connectivity index (χ4v) is 1.87. The van der Waals surface area contributed by atoms with Crippen LogP contribution < -0.4 is 0 Å². The molecule has 0 aromatic carbocycles. The first-order chi connectivity index (χ1) is 7.33. The molecule has 0 aromatic heterocycles. The van der Waals surface area contributed by atoms with Crippen molar-refractivity contribution in [2.24, 2.45) is 0 Å². The molecule has 1 fully saturated rings. The van der Waals surface area contributed by atoms with Crippen LogP contribution in [-0.2, 0) is 9.53 Å². The molecule has 0 aromatic rings. The summed E-state index contributed by atoms with van der Waals surface area (Å²) in [5, 5.41) is 0. The number of rotatable bonds is 4.